The summed E-state index contributed by atoms with van der Waals surface area (Å²) in [5.74, 6) is -0.882. The van der Waals surface area contributed by atoms with Gasteiger partial charge in [0, 0.05) is 75.4 Å². The van der Waals surface area contributed by atoms with Crippen molar-refractivity contribution in [1.82, 2.24) is 9.89 Å². The number of hydrogen-bond donors (Lipinski definition) is 3. The van der Waals surface area contributed by atoms with E-state index in [0.29, 0.717) is 61.0 Å². The average molecular weight is 908 g/mol. The van der Waals surface area contributed by atoms with Gasteiger partial charge in [0.05, 0.1) is 22.5 Å². The van der Waals surface area contributed by atoms with E-state index in [9.17, 15) is 19.5 Å². The van der Waals surface area contributed by atoms with Crippen molar-refractivity contribution < 1.29 is 19.5 Å². The summed E-state index contributed by atoms with van der Waals surface area (Å²) in [6.45, 7) is 20.4. The number of ketones is 1. The van der Waals surface area contributed by atoms with Gasteiger partial charge in [0.2, 0.25) is 34.7 Å². The lowest BCUT2D eigenvalue weighted by atomic mass is 9.77. The molecule has 0 heterocycles. The molecule has 2 aliphatic carbocycles. The molecule has 0 fully saturated rings. The maximum atomic E-state index is 14.9. The molecule has 0 aliphatic heterocycles. The van der Waals surface area contributed by atoms with Gasteiger partial charge >= 0.3 is 0 Å². The number of benzene rings is 5. The molecule has 5 aromatic rings. The van der Waals surface area contributed by atoms with Crippen molar-refractivity contribution in [2.45, 2.75) is 108 Å². The van der Waals surface area contributed by atoms with Crippen LogP contribution in [0.3, 0.4) is 0 Å². The summed E-state index contributed by atoms with van der Waals surface area (Å²) in [5, 5.41) is 18.8. The van der Waals surface area contributed by atoms with Gasteiger partial charge in [0.15, 0.2) is 0 Å². The van der Waals surface area contributed by atoms with Gasteiger partial charge < -0.3 is 20.6 Å². The summed E-state index contributed by atoms with van der Waals surface area (Å²) in [6.07, 6.45) is 9.45. The SMILES string of the molecule is CCC(CC)(CC)C(=O)NC1=CC(=[N+](c2ccc(C)cc2)c2ccc(C)cc2)C=C/C1=C1\C(=O)C(c2ccc(N(c3ccc(C)cc3)c3ccc(C)cc3)cc2NC(=O)C(CC)(CC)CC)=C1O. The maximum absolute atomic E-state index is 14.9. The first kappa shape index (κ1) is 48.9. The number of amides is 2. The van der Waals surface area contributed by atoms with Gasteiger partial charge in [-0.05, 0) is 115 Å². The zero-order valence-electron chi connectivity index (χ0n) is 41.5. The first-order valence-electron chi connectivity index (χ1n) is 24.3. The molecule has 8 nitrogen and oxygen atoms in total. The Balaban J connectivity index is 1.43. The lowest BCUT2D eigenvalue weighted by Gasteiger charge is -2.32. The summed E-state index contributed by atoms with van der Waals surface area (Å²) >= 11 is 0. The van der Waals surface area contributed by atoms with E-state index in [1.165, 1.54) is 0 Å². The third-order valence-corrected chi connectivity index (χ3v) is 14.7. The molecule has 0 spiro atoms. The van der Waals surface area contributed by atoms with E-state index in [1.54, 1.807) is 0 Å². The minimum Gasteiger partial charge on any atom is -0.506 e. The number of aliphatic hydroxyl groups is 1. The normalized spacial score (nSPS) is 14.9. The lowest BCUT2D eigenvalue weighted by molar-refractivity contribution is -0.131. The molecule has 68 heavy (non-hydrogen) atoms. The Hall–Kier alpha value is -7.06. The lowest BCUT2D eigenvalue weighted by Crippen LogP contribution is -2.41. The number of hydrogen-bond acceptors (Lipinski definition) is 5. The summed E-state index contributed by atoms with van der Waals surface area (Å²) in [6, 6.07) is 38.7. The van der Waals surface area contributed by atoms with E-state index in [-0.39, 0.29) is 28.7 Å². The van der Waals surface area contributed by atoms with E-state index < -0.39 is 16.6 Å². The van der Waals surface area contributed by atoms with Crippen LogP contribution in [0.15, 0.2) is 156 Å². The number of carbonyl (C=O) groups is 3. The third-order valence-electron chi connectivity index (χ3n) is 14.7. The minimum absolute atomic E-state index is 0.0986. The van der Waals surface area contributed by atoms with Gasteiger partial charge in [-0.1, -0.05) is 112 Å². The summed E-state index contributed by atoms with van der Waals surface area (Å²) < 4.78 is 2.12. The largest absolute Gasteiger partial charge is 0.506 e. The van der Waals surface area contributed by atoms with Crippen LogP contribution in [0.1, 0.15) is 108 Å². The standard InChI is InChI=1S/C60H66N4O4/c1-11-59(12-2,13-3)57(67)61-51-37-47(63(43-25-17-39(7)18-26-43)44-27-19-40(8)20-28-44)33-35-49(51)53-55(65)54(56(53)66)50-36-34-48(38-52(50)62-58(68)60(14-4,15-5)16-6)64(45-29-21-41(9)22-30-45)46-31-23-42(10)24-32-46/h17-38H,11-16H2,1-10H3,(H2,61,62,65,66,67,68)/p+1. The first-order valence-corrected chi connectivity index (χ1v) is 24.3. The maximum Gasteiger partial charge on any atom is 0.230 e. The first-order chi connectivity index (χ1) is 32.7. The Morgan fingerprint density at radius 2 is 0.956 bits per heavy atom. The average Bonchev–Trinajstić information content (AvgIpc) is 3.34. The van der Waals surface area contributed by atoms with Crippen molar-refractivity contribution in [3.8, 4) is 0 Å². The molecule has 3 N–H and O–H groups in total. The molecule has 5 aromatic carbocycles. The van der Waals surface area contributed by atoms with Crippen LogP contribution in [0.4, 0.5) is 34.1 Å². The van der Waals surface area contributed by atoms with E-state index in [4.69, 9.17) is 0 Å². The molecule has 0 bridgehead atoms. The van der Waals surface area contributed by atoms with Gasteiger partial charge in [-0.2, -0.15) is 4.58 Å². The topological polar surface area (TPSA) is 102 Å². The van der Waals surface area contributed by atoms with Crippen LogP contribution in [0, 0.1) is 38.5 Å². The zero-order chi connectivity index (χ0) is 48.9. The number of nitrogens with one attached hydrogen (secondary N) is 2. The Labute approximate surface area is 403 Å². The van der Waals surface area contributed by atoms with Gasteiger partial charge in [-0.25, -0.2) is 0 Å². The van der Waals surface area contributed by atoms with E-state index in [1.807, 2.05) is 78.0 Å². The van der Waals surface area contributed by atoms with Gasteiger partial charge in [-0.15, -0.1) is 0 Å². The fourth-order valence-corrected chi connectivity index (χ4v) is 9.53. The van der Waals surface area contributed by atoms with Crippen molar-refractivity contribution in [2.75, 3.05) is 10.2 Å². The molecule has 350 valence electrons. The molecule has 0 aromatic heterocycles. The molecule has 2 aliphatic rings. The number of aryl methyl sites for hydroxylation is 4. The Bertz CT molecular complexity index is 2760. The Morgan fingerprint density at radius 1 is 0.544 bits per heavy atom. The predicted octanol–water partition coefficient (Wildman–Crippen LogP) is 14.5. The number of Topliss-reactive ketones (excluding diaryl/α,β-unsaturated/α-hetero) is 1. The Kier molecular flexibility index (Phi) is 14.7. The van der Waals surface area contributed by atoms with Crippen LogP contribution < -0.4 is 20.1 Å². The highest BCUT2D eigenvalue weighted by molar-refractivity contribution is 6.40. The predicted molar refractivity (Wildman–Crippen MR) is 282 cm³/mol. The van der Waals surface area contributed by atoms with Gasteiger partial charge in [0.25, 0.3) is 0 Å². The van der Waals surface area contributed by atoms with Crippen molar-refractivity contribution in [3.63, 3.8) is 0 Å². The number of rotatable bonds is 16. The summed E-state index contributed by atoms with van der Waals surface area (Å²) in [4.78, 5) is 45.9. The third kappa shape index (κ3) is 9.42. The van der Waals surface area contributed by atoms with Crippen LogP contribution in [0.2, 0.25) is 0 Å². The van der Waals surface area contributed by atoms with Crippen molar-refractivity contribution in [3.05, 3.63) is 184 Å². The molecule has 0 atom stereocenters. The molecule has 7 rings (SSSR count). The van der Waals surface area contributed by atoms with Gasteiger partial charge in [0.1, 0.15) is 5.76 Å². The van der Waals surface area contributed by atoms with Crippen LogP contribution in [-0.4, -0.2) is 28.4 Å². The molecule has 0 saturated carbocycles. The van der Waals surface area contributed by atoms with Crippen LogP contribution >= 0.6 is 0 Å². The fraction of sp³-hybridized carbons (Fsp3) is 0.300. The summed E-state index contributed by atoms with van der Waals surface area (Å²) in [7, 11) is 0. The zero-order valence-corrected chi connectivity index (χ0v) is 41.5. The minimum atomic E-state index is -0.636. The molecule has 2 amide bonds. The number of aliphatic hydroxyl groups excluding tert-OH is 1. The number of anilines is 4. The highest BCUT2D eigenvalue weighted by Crippen LogP contribution is 2.46. The quantitative estimate of drug-likeness (QED) is 0.0676. The second-order valence-corrected chi connectivity index (χ2v) is 18.5. The molecule has 0 saturated heterocycles. The Morgan fingerprint density at radius 3 is 1.38 bits per heavy atom. The molecule has 8 heteroatoms. The number of carbonyl (C=O) groups excluding carboxylic acids is 3. The molecule has 0 unspecified atom stereocenters. The van der Waals surface area contributed by atoms with Crippen LogP contribution in [0.25, 0.3) is 5.57 Å². The summed E-state index contributed by atoms with van der Waals surface area (Å²) in [5.41, 5.74) is 10.3. The highest BCUT2D eigenvalue weighted by atomic mass is 16.3. The van der Waals surface area contributed by atoms with Crippen LogP contribution in [-0.2, 0) is 14.4 Å². The molecular weight excluding hydrogens is 841 g/mol. The molecule has 0 radical (unpaired) electrons. The van der Waals surface area contributed by atoms with Crippen molar-refractivity contribution in [1.29, 1.82) is 0 Å². The van der Waals surface area contributed by atoms with E-state index in [0.717, 1.165) is 56.4 Å². The highest BCUT2D eigenvalue weighted by Gasteiger charge is 2.42. The van der Waals surface area contributed by atoms with Crippen molar-refractivity contribution >= 4 is 63.0 Å². The van der Waals surface area contributed by atoms with E-state index in [2.05, 4.69) is 145 Å². The van der Waals surface area contributed by atoms with Crippen LogP contribution in [0.5, 0.6) is 0 Å². The number of allylic oxidation sites excluding steroid dienone is 5. The second-order valence-electron chi connectivity index (χ2n) is 18.5. The second kappa shape index (κ2) is 20.4. The smallest absolute Gasteiger partial charge is 0.230 e. The van der Waals surface area contributed by atoms with Crippen molar-refractivity contribution in [2.24, 2.45) is 10.8 Å². The fourth-order valence-electron chi connectivity index (χ4n) is 9.53. The number of nitrogens with zero attached hydrogens (tertiary/aromatic N) is 2. The van der Waals surface area contributed by atoms with Gasteiger partial charge in [-0.3, -0.25) is 14.4 Å². The monoisotopic (exact) mass is 908 g/mol. The molecular formula is C60H67N4O4+. The van der Waals surface area contributed by atoms with E-state index >= 15 is 0 Å².